The average Bonchev–Trinajstić information content (AvgIpc) is 3.73. The number of rotatable bonds is 9. The van der Waals surface area contributed by atoms with Crippen LogP contribution < -0.4 is 10.3 Å². The van der Waals surface area contributed by atoms with E-state index in [1.54, 1.807) is 6.07 Å². The van der Waals surface area contributed by atoms with E-state index in [1.165, 1.54) is 17.8 Å². The summed E-state index contributed by atoms with van der Waals surface area (Å²) in [5, 5.41) is 11.4. The summed E-state index contributed by atoms with van der Waals surface area (Å²) < 4.78 is 17.0. The molecule has 0 atom stereocenters. The molecule has 2 aliphatic rings. The van der Waals surface area contributed by atoms with Crippen molar-refractivity contribution in [3.05, 3.63) is 75.8 Å². The van der Waals surface area contributed by atoms with Crippen LogP contribution in [0.3, 0.4) is 0 Å². The van der Waals surface area contributed by atoms with Crippen LogP contribution in [0.1, 0.15) is 34.8 Å². The van der Waals surface area contributed by atoms with Crippen molar-refractivity contribution >= 4 is 22.6 Å². The maximum absolute atomic E-state index is 15.2. The van der Waals surface area contributed by atoms with Gasteiger partial charge >= 0.3 is 5.97 Å². The van der Waals surface area contributed by atoms with E-state index in [1.807, 2.05) is 39.8 Å². The third-order valence-electron chi connectivity index (χ3n) is 7.00. The topological polar surface area (TPSA) is 78.2 Å². The van der Waals surface area contributed by atoms with Gasteiger partial charge in [-0.3, -0.25) is 14.5 Å². The number of likely N-dealkylation sites (N-methyl/N-ethyl adjacent to an activating group) is 1. The monoisotopic (exact) mass is 494 g/mol. The van der Waals surface area contributed by atoms with Crippen LogP contribution in [0.5, 0.6) is 0 Å². The van der Waals surface area contributed by atoms with Crippen molar-refractivity contribution in [2.75, 3.05) is 51.4 Å². The van der Waals surface area contributed by atoms with E-state index in [4.69, 9.17) is 4.84 Å². The number of hydrogen-bond acceptors (Lipinski definition) is 6. The number of anilines is 1. The van der Waals surface area contributed by atoms with Crippen molar-refractivity contribution in [1.82, 2.24) is 14.5 Å². The number of carboxylic acids is 1. The quantitative estimate of drug-likeness (QED) is 0.457. The van der Waals surface area contributed by atoms with Gasteiger partial charge in [-0.15, -0.1) is 0 Å². The molecule has 1 aliphatic heterocycles. The van der Waals surface area contributed by atoms with Crippen molar-refractivity contribution in [2.45, 2.75) is 25.3 Å². The predicted molar refractivity (Wildman–Crippen MR) is 136 cm³/mol. The lowest BCUT2D eigenvalue weighted by Gasteiger charge is -2.36. The molecular formula is C27H31FN4O4. The predicted octanol–water partition coefficient (Wildman–Crippen LogP) is 3.36. The molecule has 8 nitrogen and oxygen atoms in total. The second kappa shape index (κ2) is 10.4. The summed E-state index contributed by atoms with van der Waals surface area (Å²) in [5.41, 5.74) is 1.35. The Morgan fingerprint density at radius 2 is 1.86 bits per heavy atom. The molecule has 3 aromatic rings. The standard InChI is InChI=1S/C27H31FN4O4/c1-29(10-9-19-5-3-2-4-6-19)36-18-30-11-13-31(14-12-30)25-16-24-21(15-23(25)28)26(33)22(27(34)35)17-32(24)20-7-8-20/h2-6,15-17,20H,7-14,18H2,1H3,(H,34,35). The van der Waals surface area contributed by atoms with Gasteiger partial charge in [0.2, 0.25) is 5.43 Å². The van der Waals surface area contributed by atoms with Crippen molar-refractivity contribution in [1.29, 1.82) is 0 Å². The average molecular weight is 495 g/mol. The Morgan fingerprint density at radius 1 is 1.14 bits per heavy atom. The minimum Gasteiger partial charge on any atom is -0.477 e. The first-order valence-electron chi connectivity index (χ1n) is 12.4. The maximum atomic E-state index is 15.2. The molecule has 0 bridgehead atoms. The molecule has 1 aromatic heterocycles. The highest BCUT2D eigenvalue weighted by atomic mass is 19.1. The molecule has 1 saturated heterocycles. The number of piperazine rings is 1. The molecule has 9 heteroatoms. The highest BCUT2D eigenvalue weighted by Crippen LogP contribution is 2.38. The minimum absolute atomic E-state index is 0.119. The first-order valence-corrected chi connectivity index (χ1v) is 12.4. The van der Waals surface area contributed by atoms with Crippen molar-refractivity contribution in [3.63, 3.8) is 0 Å². The number of halogens is 1. The Labute approximate surface area is 209 Å². The van der Waals surface area contributed by atoms with Crippen LogP contribution in [0, 0.1) is 5.82 Å². The van der Waals surface area contributed by atoms with Gasteiger partial charge in [0.15, 0.2) is 0 Å². The van der Waals surface area contributed by atoms with Crippen LogP contribution in [0.4, 0.5) is 10.1 Å². The Kier molecular flexibility index (Phi) is 7.04. The molecule has 0 unspecified atom stereocenters. The third kappa shape index (κ3) is 5.28. The molecular weight excluding hydrogens is 463 g/mol. The van der Waals surface area contributed by atoms with Crippen LogP contribution >= 0.6 is 0 Å². The Hall–Kier alpha value is -3.27. The fourth-order valence-corrected chi connectivity index (χ4v) is 4.70. The smallest absolute Gasteiger partial charge is 0.341 e. The van der Waals surface area contributed by atoms with Crippen LogP contribution in [0.25, 0.3) is 10.9 Å². The lowest BCUT2D eigenvalue weighted by Crippen LogP contribution is -2.48. The maximum Gasteiger partial charge on any atom is 0.341 e. The van der Waals surface area contributed by atoms with Gasteiger partial charge in [0.05, 0.1) is 11.2 Å². The number of aromatic nitrogens is 1. The zero-order chi connectivity index (χ0) is 25.2. The molecule has 0 radical (unpaired) electrons. The van der Waals surface area contributed by atoms with Gasteiger partial charge in [0.1, 0.15) is 18.1 Å². The fraction of sp³-hybridized carbons (Fsp3) is 0.407. The van der Waals surface area contributed by atoms with Crippen molar-refractivity contribution in [2.24, 2.45) is 0 Å². The van der Waals surface area contributed by atoms with Gasteiger partial charge in [-0.2, -0.15) is 5.06 Å². The van der Waals surface area contributed by atoms with E-state index >= 15 is 4.39 Å². The Morgan fingerprint density at radius 3 is 2.53 bits per heavy atom. The van der Waals surface area contributed by atoms with E-state index in [0.717, 1.165) is 38.9 Å². The summed E-state index contributed by atoms with van der Waals surface area (Å²) in [6, 6.07) is 13.3. The van der Waals surface area contributed by atoms with Crippen LogP contribution in [-0.4, -0.2) is 72.1 Å². The minimum atomic E-state index is -1.29. The summed E-state index contributed by atoms with van der Waals surface area (Å²) in [7, 11) is 1.93. The Bertz CT molecular complexity index is 1300. The lowest BCUT2D eigenvalue weighted by atomic mass is 10.1. The SMILES string of the molecule is CN(CCc1ccccc1)OCN1CCN(c2cc3c(cc2F)c(=O)c(C(=O)O)cn3C2CC2)CC1. The molecule has 0 spiro atoms. The number of hydroxylamine groups is 2. The molecule has 36 heavy (non-hydrogen) atoms. The molecule has 5 rings (SSSR count). The number of benzene rings is 2. The highest BCUT2D eigenvalue weighted by molar-refractivity contribution is 5.93. The Balaban J connectivity index is 1.23. The largest absolute Gasteiger partial charge is 0.477 e. The molecule has 1 aliphatic carbocycles. The third-order valence-corrected chi connectivity index (χ3v) is 7.00. The van der Waals surface area contributed by atoms with Crippen LogP contribution in [-0.2, 0) is 11.3 Å². The lowest BCUT2D eigenvalue weighted by molar-refractivity contribution is -0.175. The van der Waals surface area contributed by atoms with Gasteiger partial charge in [0.25, 0.3) is 0 Å². The van der Waals surface area contributed by atoms with Gasteiger partial charge in [-0.05, 0) is 37.0 Å². The second-order valence-corrected chi connectivity index (χ2v) is 9.59. The summed E-state index contributed by atoms with van der Waals surface area (Å²) in [5.74, 6) is -1.79. The number of carbonyl (C=O) groups is 1. The molecule has 2 heterocycles. The number of hydrogen-bond donors (Lipinski definition) is 1. The molecule has 2 fully saturated rings. The van der Waals surface area contributed by atoms with E-state index < -0.39 is 17.2 Å². The molecule has 1 N–H and O–H groups in total. The normalized spacial score (nSPS) is 16.7. The van der Waals surface area contributed by atoms with Crippen molar-refractivity contribution < 1.29 is 19.1 Å². The van der Waals surface area contributed by atoms with Crippen LogP contribution in [0.15, 0.2) is 53.5 Å². The fourth-order valence-electron chi connectivity index (χ4n) is 4.70. The number of fused-ring (bicyclic) bond motifs is 1. The van der Waals surface area contributed by atoms with E-state index in [-0.39, 0.29) is 17.0 Å². The van der Waals surface area contributed by atoms with Gasteiger partial charge in [0, 0.05) is 57.4 Å². The summed E-state index contributed by atoms with van der Waals surface area (Å²) in [4.78, 5) is 34.3. The molecule has 1 saturated carbocycles. The highest BCUT2D eigenvalue weighted by Gasteiger charge is 2.28. The second-order valence-electron chi connectivity index (χ2n) is 9.59. The number of carboxylic acid groups (broad SMARTS) is 1. The summed E-state index contributed by atoms with van der Waals surface area (Å²) in [6.07, 6.45) is 4.16. The molecule has 0 amide bonds. The summed E-state index contributed by atoms with van der Waals surface area (Å²) >= 11 is 0. The molecule has 2 aromatic carbocycles. The number of aromatic carboxylic acids is 1. The van der Waals surface area contributed by atoms with E-state index in [2.05, 4.69) is 17.0 Å². The number of nitrogens with zero attached hydrogens (tertiary/aromatic N) is 4. The van der Waals surface area contributed by atoms with Crippen LogP contribution in [0.2, 0.25) is 0 Å². The van der Waals surface area contributed by atoms with E-state index in [0.29, 0.717) is 31.0 Å². The zero-order valence-corrected chi connectivity index (χ0v) is 20.4. The van der Waals surface area contributed by atoms with E-state index in [9.17, 15) is 14.7 Å². The summed E-state index contributed by atoms with van der Waals surface area (Å²) in [6.45, 7) is 3.95. The first kappa shape index (κ1) is 24.4. The first-order chi connectivity index (χ1) is 17.4. The van der Waals surface area contributed by atoms with Gasteiger partial charge in [-0.25, -0.2) is 9.18 Å². The number of pyridine rings is 1. The van der Waals surface area contributed by atoms with Gasteiger partial charge < -0.3 is 14.6 Å². The van der Waals surface area contributed by atoms with Gasteiger partial charge in [-0.1, -0.05) is 30.3 Å². The molecule has 190 valence electrons. The van der Waals surface area contributed by atoms with Crippen molar-refractivity contribution in [3.8, 4) is 0 Å². The zero-order valence-electron chi connectivity index (χ0n) is 20.4.